The highest BCUT2D eigenvalue weighted by molar-refractivity contribution is 7.09. The number of aliphatic hydroxyl groups is 1. The van der Waals surface area contributed by atoms with E-state index in [0.29, 0.717) is 5.92 Å². The van der Waals surface area contributed by atoms with Gasteiger partial charge in [-0.25, -0.2) is 0 Å². The number of aromatic nitrogens is 1. The fourth-order valence-corrected chi connectivity index (χ4v) is 1.43. The summed E-state index contributed by atoms with van der Waals surface area (Å²) in [7, 11) is 0. The first-order chi connectivity index (χ1) is 5.20. The molecule has 1 rings (SSSR count). The Labute approximate surface area is 70.9 Å². The first-order valence-corrected chi connectivity index (χ1v) is 4.63. The second-order valence-electron chi connectivity index (χ2n) is 2.98. The van der Waals surface area contributed by atoms with Crippen molar-refractivity contribution < 1.29 is 5.11 Å². The Morgan fingerprint density at radius 2 is 2.36 bits per heavy atom. The topological polar surface area (TPSA) is 33.1 Å². The summed E-state index contributed by atoms with van der Waals surface area (Å²) in [6.45, 7) is 4.04. The van der Waals surface area contributed by atoms with Gasteiger partial charge in [-0.1, -0.05) is 13.8 Å². The van der Waals surface area contributed by atoms with Gasteiger partial charge >= 0.3 is 0 Å². The fraction of sp³-hybridized carbons (Fsp3) is 0.625. The van der Waals surface area contributed by atoms with Gasteiger partial charge in [0, 0.05) is 17.5 Å². The Bertz CT molecular complexity index is 196. The molecular formula is C8H13NOS. The molecule has 0 saturated carbocycles. The highest BCUT2D eigenvalue weighted by Crippen LogP contribution is 2.12. The van der Waals surface area contributed by atoms with E-state index < -0.39 is 0 Å². The van der Waals surface area contributed by atoms with Crippen molar-refractivity contribution in [3.63, 3.8) is 0 Å². The predicted molar refractivity (Wildman–Crippen MR) is 46.7 cm³/mol. The second-order valence-corrected chi connectivity index (χ2v) is 3.95. The van der Waals surface area contributed by atoms with Crippen molar-refractivity contribution in [1.82, 2.24) is 4.98 Å². The van der Waals surface area contributed by atoms with Crippen molar-refractivity contribution in [3.05, 3.63) is 16.6 Å². The molecule has 1 unspecified atom stereocenters. The highest BCUT2D eigenvalue weighted by atomic mass is 32.1. The van der Waals surface area contributed by atoms with Crippen LogP contribution >= 0.6 is 11.3 Å². The molecule has 0 aliphatic carbocycles. The van der Waals surface area contributed by atoms with Crippen LogP contribution < -0.4 is 0 Å². The van der Waals surface area contributed by atoms with Crippen LogP contribution in [0.25, 0.3) is 0 Å². The molecule has 62 valence electrons. The molecule has 0 fully saturated rings. The summed E-state index contributed by atoms with van der Waals surface area (Å²) < 4.78 is 0. The average Bonchev–Trinajstić information content (AvgIpc) is 2.39. The maximum Gasteiger partial charge on any atom is 0.0794 e. The normalized spacial score (nSPS) is 13.8. The summed E-state index contributed by atoms with van der Waals surface area (Å²) >= 11 is 1.60. The summed E-state index contributed by atoms with van der Waals surface area (Å²) in [5.74, 6) is 0.331. The maximum atomic E-state index is 9.48. The molecular weight excluding hydrogens is 158 g/mol. The lowest BCUT2D eigenvalue weighted by Gasteiger charge is -2.11. The van der Waals surface area contributed by atoms with E-state index in [4.69, 9.17) is 0 Å². The molecule has 1 N–H and O–H groups in total. The van der Waals surface area contributed by atoms with E-state index in [0.717, 1.165) is 11.3 Å². The molecule has 1 atom stereocenters. The van der Waals surface area contributed by atoms with Crippen molar-refractivity contribution in [2.75, 3.05) is 0 Å². The lowest BCUT2D eigenvalue weighted by molar-refractivity contribution is 0.126. The summed E-state index contributed by atoms with van der Waals surface area (Å²) in [6, 6.07) is 0. The monoisotopic (exact) mass is 171 g/mol. The van der Waals surface area contributed by atoms with Gasteiger partial charge < -0.3 is 5.11 Å². The minimum Gasteiger partial charge on any atom is -0.392 e. The number of nitrogens with zero attached hydrogens (tertiary/aromatic N) is 1. The van der Waals surface area contributed by atoms with Crippen LogP contribution in [0.2, 0.25) is 0 Å². The van der Waals surface area contributed by atoms with Gasteiger partial charge in [-0.15, -0.1) is 11.3 Å². The van der Waals surface area contributed by atoms with E-state index in [1.807, 2.05) is 20.0 Å². The highest BCUT2D eigenvalue weighted by Gasteiger charge is 2.10. The minimum absolute atomic E-state index is 0.226. The molecule has 0 saturated heterocycles. The number of thiazole rings is 1. The first kappa shape index (κ1) is 8.68. The van der Waals surface area contributed by atoms with Crippen molar-refractivity contribution >= 4 is 11.3 Å². The third kappa shape index (κ3) is 2.60. The summed E-state index contributed by atoms with van der Waals surface area (Å²) in [5.41, 5.74) is 1.79. The number of aliphatic hydroxyl groups excluding tert-OH is 1. The molecule has 0 amide bonds. The Morgan fingerprint density at radius 3 is 2.82 bits per heavy atom. The van der Waals surface area contributed by atoms with Crippen molar-refractivity contribution in [2.24, 2.45) is 5.92 Å². The molecule has 2 nitrogen and oxygen atoms in total. The second kappa shape index (κ2) is 3.83. The average molecular weight is 171 g/mol. The molecule has 11 heavy (non-hydrogen) atoms. The third-order valence-electron chi connectivity index (χ3n) is 1.66. The van der Waals surface area contributed by atoms with Crippen LogP contribution in [0.4, 0.5) is 0 Å². The molecule has 3 heteroatoms. The molecule has 1 aromatic rings. The van der Waals surface area contributed by atoms with E-state index in [9.17, 15) is 5.11 Å². The van der Waals surface area contributed by atoms with Gasteiger partial charge in [0.1, 0.15) is 0 Å². The van der Waals surface area contributed by atoms with Crippen LogP contribution in [-0.4, -0.2) is 16.2 Å². The van der Waals surface area contributed by atoms with E-state index in [-0.39, 0.29) is 6.10 Å². The van der Waals surface area contributed by atoms with Crippen molar-refractivity contribution in [3.8, 4) is 0 Å². The molecule has 0 aliphatic rings. The lowest BCUT2D eigenvalue weighted by Crippen LogP contribution is -2.16. The Kier molecular flexibility index (Phi) is 3.02. The Morgan fingerprint density at radius 1 is 1.64 bits per heavy atom. The number of rotatable bonds is 3. The summed E-state index contributed by atoms with van der Waals surface area (Å²) in [4.78, 5) is 5.10. The van der Waals surface area contributed by atoms with E-state index in [1.54, 1.807) is 16.8 Å². The zero-order chi connectivity index (χ0) is 8.27. The molecule has 0 radical (unpaired) electrons. The Hall–Kier alpha value is -0.410. The molecule has 0 aliphatic heterocycles. The lowest BCUT2D eigenvalue weighted by atomic mass is 10.0. The van der Waals surface area contributed by atoms with Gasteiger partial charge in [-0.05, 0) is 5.92 Å². The SMILES string of the molecule is CC(C)C(O)Cc1cncs1. The first-order valence-electron chi connectivity index (χ1n) is 3.75. The van der Waals surface area contributed by atoms with Crippen LogP contribution in [0.15, 0.2) is 11.7 Å². The van der Waals surface area contributed by atoms with E-state index >= 15 is 0 Å². The van der Waals surface area contributed by atoms with Gasteiger partial charge in [0.15, 0.2) is 0 Å². The van der Waals surface area contributed by atoms with Gasteiger partial charge in [-0.3, -0.25) is 4.98 Å². The molecule has 0 bridgehead atoms. The van der Waals surface area contributed by atoms with Crippen molar-refractivity contribution in [2.45, 2.75) is 26.4 Å². The van der Waals surface area contributed by atoms with Crippen LogP contribution in [0.1, 0.15) is 18.7 Å². The van der Waals surface area contributed by atoms with Crippen LogP contribution in [0.5, 0.6) is 0 Å². The van der Waals surface area contributed by atoms with Crippen LogP contribution in [0.3, 0.4) is 0 Å². The minimum atomic E-state index is -0.226. The number of hydrogen-bond acceptors (Lipinski definition) is 3. The van der Waals surface area contributed by atoms with Crippen molar-refractivity contribution in [1.29, 1.82) is 0 Å². The number of hydrogen-bond donors (Lipinski definition) is 1. The zero-order valence-corrected chi connectivity index (χ0v) is 7.64. The smallest absolute Gasteiger partial charge is 0.0794 e. The molecule has 0 aromatic carbocycles. The third-order valence-corrected chi connectivity index (χ3v) is 2.47. The summed E-state index contributed by atoms with van der Waals surface area (Å²) in [5, 5.41) is 9.48. The maximum absolute atomic E-state index is 9.48. The summed E-state index contributed by atoms with van der Waals surface area (Å²) in [6.07, 6.45) is 2.33. The van der Waals surface area contributed by atoms with Crippen LogP contribution in [-0.2, 0) is 6.42 Å². The quantitative estimate of drug-likeness (QED) is 0.751. The zero-order valence-electron chi connectivity index (χ0n) is 6.82. The van der Waals surface area contributed by atoms with E-state index in [2.05, 4.69) is 4.98 Å². The largest absolute Gasteiger partial charge is 0.392 e. The predicted octanol–water partition coefficient (Wildman–Crippen LogP) is 1.70. The van der Waals surface area contributed by atoms with Gasteiger partial charge in [-0.2, -0.15) is 0 Å². The van der Waals surface area contributed by atoms with E-state index in [1.165, 1.54) is 0 Å². The van der Waals surface area contributed by atoms with Crippen LogP contribution in [0, 0.1) is 5.92 Å². The Balaban J connectivity index is 2.43. The van der Waals surface area contributed by atoms with Gasteiger partial charge in [0.25, 0.3) is 0 Å². The molecule has 1 aromatic heterocycles. The van der Waals surface area contributed by atoms with Gasteiger partial charge in [0.05, 0.1) is 11.6 Å². The standard InChI is InChI=1S/C8H13NOS/c1-6(2)8(10)3-7-4-9-5-11-7/h4-6,8,10H,3H2,1-2H3. The molecule has 1 heterocycles. The molecule has 0 spiro atoms. The van der Waals surface area contributed by atoms with Gasteiger partial charge in [0.2, 0.25) is 0 Å². The fourth-order valence-electron chi connectivity index (χ4n) is 0.785.